The van der Waals surface area contributed by atoms with Crippen molar-refractivity contribution in [3.8, 4) is 10.8 Å². The van der Waals surface area contributed by atoms with Crippen molar-refractivity contribution in [2.75, 3.05) is 0 Å². The maximum absolute atomic E-state index is 11.2. The molecule has 3 heterocycles. The van der Waals surface area contributed by atoms with Crippen LogP contribution in [0.3, 0.4) is 0 Å². The topological polar surface area (TPSA) is 99.9 Å². The summed E-state index contributed by atoms with van der Waals surface area (Å²) in [4.78, 5) is 11.8. The third-order valence-corrected chi connectivity index (χ3v) is 7.76. The van der Waals surface area contributed by atoms with E-state index in [1.165, 1.54) is 12.6 Å². The number of nitrogens with zero attached hydrogens (tertiary/aromatic N) is 5. The Hall–Kier alpha value is -2.55. The van der Waals surface area contributed by atoms with E-state index < -0.39 is 0 Å². The van der Waals surface area contributed by atoms with Crippen molar-refractivity contribution in [2.24, 2.45) is 11.8 Å². The fraction of sp³-hybridized carbons (Fsp3) is 0.526. The summed E-state index contributed by atoms with van der Waals surface area (Å²) in [7, 11) is 0. The minimum atomic E-state index is -0.370. The van der Waals surface area contributed by atoms with Crippen LogP contribution in [0.15, 0.2) is 34.3 Å². The Kier molecular flexibility index (Phi) is 3.22. The molecule has 0 aromatic carbocycles. The van der Waals surface area contributed by atoms with Crippen LogP contribution in [0.5, 0.6) is 0 Å². The lowest BCUT2D eigenvalue weighted by molar-refractivity contribution is -0.385. The zero-order valence-corrected chi connectivity index (χ0v) is 16.0. The quantitative estimate of drug-likeness (QED) is 0.484. The highest BCUT2D eigenvalue weighted by Crippen LogP contribution is 2.64. The predicted molar refractivity (Wildman–Crippen MR) is 101 cm³/mol. The van der Waals surface area contributed by atoms with Crippen LogP contribution in [-0.4, -0.2) is 24.9 Å². The van der Waals surface area contributed by atoms with Crippen LogP contribution in [0.1, 0.15) is 44.4 Å². The van der Waals surface area contributed by atoms with Gasteiger partial charge < -0.3 is 4.42 Å². The van der Waals surface area contributed by atoms with Crippen LogP contribution in [0, 0.1) is 22.0 Å². The van der Waals surface area contributed by atoms with Gasteiger partial charge in [0, 0.05) is 0 Å². The first-order chi connectivity index (χ1) is 13.6. The van der Waals surface area contributed by atoms with Gasteiger partial charge in [-0.05, 0) is 61.8 Å². The molecule has 4 aliphatic carbocycles. The van der Waals surface area contributed by atoms with Gasteiger partial charge in [-0.15, -0.1) is 21.5 Å². The van der Waals surface area contributed by atoms with Crippen molar-refractivity contribution in [1.82, 2.24) is 20.0 Å². The average Bonchev–Trinajstić information content (AvgIpc) is 3.40. The van der Waals surface area contributed by atoms with E-state index in [1.54, 1.807) is 17.5 Å². The van der Waals surface area contributed by atoms with Gasteiger partial charge in [-0.2, -0.15) is 5.10 Å². The third kappa shape index (κ3) is 2.25. The fourth-order valence-corrected chi connectivity index (χ4v) is 6.98. The van der Waals surface area contributed by atoms with Gasteiger partial charge >= 0.3 is 5.69 Å². The molecule has 2 unspecified atom stereocenters. The molecule has 4 aliphatic rings. The lowest BCUT2D eigenvalue weighted by Gasteiger charge is -2.60. The Labute approximate surface area is 164 Å². The van der Waals surface area contributed by atoms with Crippen molar-refractivity contribution in [1.29, 1.82) is 0 Å². The molecule has 0 amide bonds. The summed E-state index contributed by atoms with van der Waals surface area (Å²) in [5.41, 5.74) is -0.272. The highest BCUT2D eigenvalue weighted by molar-refractivity contribution is 7.13. The molecule has 7 rings (SSSR count). The standard InChI is InChI=1S/C19H19N5O3S/c25-24(26)14-9-20-23(10-14)19-7-12-4-13(8-19)6-18(5-12,11-19)17-22-21-16(27-17)15-2-1-3-28-15/h1-3,9-10,12-13H,4-8,11H2. The molecule has 9 heteroatoms. The second-order valence-electron chi connectivity index (χ2n) is 8.76. The molecule has 0 aliphatic heterocycles. The summed E-state index contributed by atoms with van der Waals surface area (Å²) in [6.45, 7) is 0. The van der Waals surface area contributed by atoms with Gasteiger partial charge in [0.25, 0.3) is 5.89 Å². The van der Waals surface area contributed by atoms with E-state index in [9.17, 15) is 10.1 Å². The molecule has 0 radical (unpaired) electrons. The van der Waals surface area contributed by atoms with E-state index in [0.717, 1.165) is 42.9 Å². The molecule has 4 saturated carbocycles. The van der Waals surface area contributed by atoms with E-state index >= 15 is 0 Å². The molecular formula is C19H19N5O3S. The van der Waals surface area contributed by atoms with Gasteiger partial charge in [-0.3, -0.25) is 14.8 Å². The second-order valence-corrected chi connectivity index (χ2v) is 9.70. The van der Waals surface area contributed by atoms with E-state index in [-0.39, 0.29) is 21.6 Å². The van der Waals surface area contributed by atoms with Crippen molar-refractivity contribution in [3.63, 3.8) is 0 Å². The van der Waals surface area contributed by atoms with Crippen molar-refractivity contribution < 1.29 is 9.34 Å². The third-order valence-electron chi connectivity index (χ3n) is 6.91. The van der Waals surface area contributed by atoms with Gasteiger partial charge in [0.15, 0.2) is 0 Å². The summed E-state index contributed by atoms with van der Waals surface area (Å²) in [5, 5.41) is 26.4. The Morgan fingerprint density at radius 2 is 2.07 bits per heavy atom. The van der Waals surface area contributed by atoms with Gasteiger partial charge in [-0.25, -0.2) is 0 Å². The first-order valence-electron chi connectivity index (χ1n) is 9.63. The van der Waals surface area contributed by atoms with E-state index in [0.29, 0.717) is 17.7 Å². The van der Waals surface area contributed by atoms with Crippen molar-refractivity contribution in [2.45, 2.75) is 49.5 Å². The molecule has 0 spiro atoms. The molecule has 2 atom stereocenters. The fourth-order valence-electron chi connectivity index (χ4n) is 6.34. The van der Waals surface area contributed by atoms with Crippen LogP contribution < -0.4 is 0 Å². The number of rotatable bonds is 4. The molecule has 0 N–H and O–H groups in total. The minimum absolute atomic E-state index is 0.0579. The molecule has 144 valence electrons. The largest absolute Gasteiger partial charge is 0.419 e. The number of hydrogen-bond acceptors (Lipinski definition) is 7. The summed E-state index contributed by atoms with van der Waals surface area (Å²) in [5.74, 6) is 2.46. The van der Waals surface area contributed by atoms with Crippen LogP contribution in [0.25, 0.3) is 10.8 Å². The van der Waals surface area contributed by atoms with Crippen LogP contribution in [0.4, 0.5) is 5.69 Å². The summed E-state index contributed by atoms with van der Waals surface area (Å²) in [6.07, 6.45) is 9.21. The van der Waals surface area contributed by atoms with Gasteiger partial charge in [0.1, 0.15) is 12.4 Å². The molecule has 3 aromatic heterocycles. The normalized spacial score (nSPS) is 33.4. The van der Waals surface area contributed by atoms with Crippen LogP contribution in [0.2, 0.25) is 0 Å². The molecule has 4 bridgehead atoms. The lowest BCUT2D eigenvalue weighted by atomic mass is 9.47. The highest BCUT2D eigenvalue weighted by Gasteiger charge is 2.61. The highest BCUT2D eigenvalue weighted by atomic mass is 32.1. The SMILES string of the molecule is O=[N+]([O-])c1cnn(C23CC4CC(CC(c5nnc(-c6cccs6)o5)(C4)C2)C3)c1. The monoisotopic (exact) mass is 397 g/mol. The van der Waals surface area contributed by atoms with Gasteiger partial charge in [0.05, 0.1) is 20.8 Å². The van der Waals surface area contributed by atoms with Crippen LogP contribution >= 0.6 is 11.3 Å². The number of aromatic nitrogens is 4. The Balaban J connectivity index is 1.40. The number of nitro groups is 1. The summed E-state index contributed by atoms with van der Waals surface area (Å²) < 4.78 is 8.06. The van der Waals surface area contributed by atoms with E-state index in [1.807, 2.05) is 22.2 Å². The van der Waals surface area contributed by atoms with E-state index in [4.69, 9.17) is 4.42 Å². The Morgan fingerprint density at radius 3 is 2.75 bits per heavy atom. The zero-order valence-electron chi connectivity index (χ0n) is 15.2. The predicted octanol–water partition coefficient (Wildman–Crippen LogP) is 4.15. The molecule has 28 heavy (non-hydrogen) atoms. The summed E-state index contributed by atoms with van der Waals surface area (Å²) in [6, 6.07) is 3.97. The minimum Gasteiger partial charge on any atom is -0.419 e. The second kappa shape index (κ2) is 5.50. The van der Waals surface area contributed by atoms with Crippen LogP contribution in [-0.2, 0) is 11.0 Å². The van der Waals surface area contributed by atoms with Crippen molar-refractivity contribution >= 4 is 17.0 Å². The molecule has 4 fully saturated rings. The smallest absolute Gasteiger partial charge is 0.307 e. The molecular weight excluding hydrogens is 378 g/mol. The average molecular weight is 397 g/mol. The summed E-state index contributed by atoms with van der Waals surface area (Å²) >= 11 is 1.59. The van der Waals surface area contributed by atoms with Gasteiger partial charge in [0.2, 0.25) is 5.89 Å². The lowest BCUT2D eigenvalue weighted by Crippen LogP contribution is -2.58. The molecule has 0 saturated heterocycles. The first-order valence-corrected chi connectivity index (χ1v) is 10.5. The maximum Gasteiger partial charge on any atom is 0.307 e. The molecule has 3 aromatic rings. The Bertz CT molecular complexity index is 1040. The van der Waals surface area contributed by atoms with E-state index in [2.05, 4.69) is 15.3 Å². The van der Waals surface area contributed by atoms with Gasteiger partial charge in [-0.1, -0.05) is 6.07 Å². The number of thiophene rings is 1. The first kappa shape index (κ1) is 16.4. The van der Waals surface area contributed by atoms with Crippen molar-refractivity contribution in [3.05, 3.63) is 45.9 Å². The Morgan fingerprint density at radius 1 is 1.25 bits per heavy atom. The number of hydrogen-bond donors (Lipinski definition) is 0. The molecule has 8 nitrogen and oxygen atoms in total. The maximum atomic E-state index is 11.2. The zero-order chi connectivity index (χ0) is 18.9.